The van der Waals surface area contributed by atoms with Crippen molar-refractivity contribution < 1.29 is 22.4 Å². The smallest absolute Gasteiger partial charge is 0.251 e. The van der Waals surface area contributed by atoms with Crippen LogP contribution in [0.3, 0.4) is 0 Å². The molecule has 0 bridgehead atoms. The molecule has 1 N–H and O–H groups in total. The molecule has 1 aromatic rings. The Bertz CT molecular complexity index is 923. The minimum atomic E-state index is -3.05. The molecule has 1 atom stereocenters. The Morgan fingerprint density at radius 2 is 1.66 bits per heavy atom. The maximum atomic E-state index is 13.3. The predicted octanol–water partition coefficient (Wildman–Crippen LogP) is 1.98. The van der Waals surface area contributed by atoms with E-state index in [0.29, 0.717) is 31.6 Å². The van der Waals surface area contributed by atoms with Crippen molar-refractivity contribution in [2.45, 2.75) is 63.1 Å². The quantitative estimate of drug-likeness (QED) is 0.694. The largest absolute Gasteiger partial charge is 0.349 e. The highest BCUT2D eigenvalue weighted by atomic mass is 32.2. The summed E-state index contributed by atoms with van der Waals surface area (Å²) in [5.74, 6) is -0.288. The first-order valence-electron chi connectivity index (χ1n) is 11.6. The molecule has 2 amide bonds. The molecule has 3 aliphatic rings. The second kappa shape index (κ2) is 9.87. The molecular formula is C23H32FN3O4S. The average Bonchev–Trinajstić information content (AvgIpc) is 3.40. The van der Waals surface area contributed by atoms with Gasteiger partial charge < -0.3 is 10.2 Å². The summed E-state index contributed by atoms with van der Waals surface area (Å²) in [6, 6.07) is 5.48. The predicted molar refractivity (Wildman–Crippen MR) is 119 cm³/mol. The van der Waals surface area contributed by atoms with E-state index >= 15 is 0 Å². The van der Waals surface area contributed by atoms with E-state index in [1.807, 2.05) is 4.90 Å². The number of rotatable bonds is 6. The molecular weight excluding hydrogens is 433 g/mol. The number of sulfone groups is 1. The SMILES string of the molecule is O=C(NC1CCN(CC(=O)N(C2CCCC2)C2CCS(=O)(=O)C2)CC1)c1ccc(F)cc1. The first kappa shape index (κ1) is 23.2. The summed E-state index contributed by atoms with van der Waals surface area (Å²) in [5, 5.41) is 3.00. The zero-order valence-electron chi connectivity index (χ0n) is 18.3. The molecule has 0 radical (unpaired) electrons. The number of carbonyl (C=O) groups excluding carboxylic acids is 2. The van der Waals surface area contributed by atoms with E-state index < -0.39 is 9.84 Å². The lowest BCUT2D eigenvalue weighted by atomic mass is 10.0. The number of nitrogens with zero attached hydrogens (tertiary/aromatic N) is 2. The molecule has 1 aromatic carbocycles. The van der Waals surface area contributed by atoms with Crippen LogP contribution in [0.1, 0.15) is 55.3 Å². The van der Waals surface area contributed by atoms with Gasteiger partial charge in [0.1, 0.15) is 5.82 Å². The highest BCUT2D eigenvalue weighted by Crippen LogP contribution is 2.29. The van der Waals surface area contributed by atoms with Gasteiger partial charge in [-0.25, -0.2) is 12.8 Å². The van der Waals surface area contributed by atoms with Crippen molar-refractivity contribution in [2.24, 2.45) is 0 Å². The molecule has 32 heavy (non-hydrogen) atoms. The van der Waals surface area contributed by atoms with E-state index in [1.165, 1.54) is 24.3 Å². The van der Waals surface area contributed by atoms with Crippen molar-refractivity contribution in [1.29, 1.82) is 0 Å². The number of benzene rings is 1. The summed E-state index contributed by atoms with van der Waals surface area (Å²) in [4.78, 5) is 29.6. The van der Waals surface area contributed by atoms with Gasteiger partial charge >= 0.3 is 0 Å². The maximum absolute atomic E-state index is 13.3. The Morgan fingerprint density at radius 3 is 2.25 bits per heavy atom. The van der Waals surface area contributed by atoms with E-state index in [2.05, 4.69) is 10.2 Å². The van der Waals surface area contributed by atoms with E-state index in [4.69, 9.17) is 0 Å². The number of halogens is 1. The van der Waals surface area contributed by atoms with Gasteiger partial charge in [0.15, 0.2) is 9.84 Å². The minimum Gasteiger partial charge on any atom is -0.349 e. The topological polar surface area (TPSA) is 86.8 Å². The highest BCUT2D eigenvalue weighted by Gasteiger charge is 2.39. The number of hydrogen-bond acceptors (Lipinski definition) is 5. The number of nitrogens with one attached hydrogen (secondary N) is 1. The fraction of sp³-hybridized carbons (Fsp3) is 0.652. The Kier molecular flexibility index (Phi) is 7.14. The second-order valence-electron chi connectivity index (χ2n) is 9.33. The lowest BCUT2D eigenvalue weighted by Gasteiger charge is -2.37. The number of piperidine rings is 1. The zero-order valence-corrected chi connectivity index (χ0v) is 19.2. The van der Waals surface area contributed by atoms with Crippen LogP contribution in [0.4, 0.5) is 4.39 Å². The van der Waals surface area contributed by atoms with Crippen LogP contribution in [-0.4, -0.2) is 79.3 Å². The van der Waals surface area contributed by atoms with Crippen molar-refractivity contribution >= 4 is 21.7 Å². The second-order valence-corrected chi connectivity index (χ2v) is 11.6. The first-order chi connectivity index (χ1) is 15.3. The lowest BCUT2D eigenvalue weighted by molar-refractivity contribution is -0.137. The Hall–Kier alpha value is -2.00. The molecule has 0 spiro atoms. The molecule has 7 nitrogen and oxygen atoms in total. The average molecular weight is 466 g/mol. The molecule has 2 saturated heterocycles. The summed E-state index contributed by atoms with van der Waals surface area (Å²) in [5.41, 5.74) is 0.433. The van der Waals surface area contributed by atoms with E-state index in [-0.39, 0.29) is 47.3 Å². The monoisotopic (exact) mass is 465 g/mol. The molecule has 9 heteroatoms. The van der Waals surface area contributed by atoms with Crippen molar-refractivity contribution in [3.8, 4) is 0 Å². The molecule has 1 saturated carbocycles. The normalized spacial score (nSPS) is 24.5. The third-order valence-corrected chi connectivity index (χ3v) is 8.75. The van der Waals surface area contributed by atoms with Crippen LogP contribution in [0.25, 0.3) is 0 Å². The van der Waals surface area contributed by atoms with Gasteiger partial charge in [-0.2, -0.15) is 0 Å². The first-order valence-corrected chi connectivity index (χ1v) is 13.4. The fourth-order valence-corrected chi connectivity index (χ4v) is 6.97. The fourth-order valence-electron chi connectivity index (χ4n) is 5.26. The summed E-state index contributed by atoms with van der Waals surface area (Å²) < 4.78 is 37.1. The molecule has 3 fully saturated rings. The lowest BCUT2D eigenvalue weighted by Crippen LogP contribution is -2.52. The number of carbonyl (C=O) groups is 2. The van der Waals surface area contributed by atoms with E-state index in [9.17, 15) is 22.4 Å². The molecule has 2 heterocycles. The van der Waals surface area contributed by atoms with Gasteiger partial charge in [-0.3, -0.25) is 14.5 Å². The molecule has 4 rings (SSSR count). The van der Waals surface area contributed by atoms with Crippen LogP contribution in [0, 0.1) is 5.82 Å². The van der Waals surface area contributed by atoms with Crippen molar-refractivity contribution in [3.05, 3.63) is 35.6 Å². The zero-order chi connectivity index (χ0) is 22.7. The minimum absolute atomic E-state index is 0.0183. The Balaban J connectivity index is 1.29. The molecule has 176 valence electrons. The van der Waals surface area contributed by atoms with Gasteiger partial charge in [0.25, 0.3) is 5.91 Å². The van der Waals surface area contributed by atoms with Crippen LogP contribution < -0.4 is 5.32 Å². The van der Waals surface area contributed by atoms with Gasteiger partial charge in [-0.05, 0) is 56.4 Å². The number of hydrogen-bond donors (Lipinski definition) is 1. The van der Waals surface area contributed by atoms with Crippen LogP contribution in [0.2, 0.25) is 0 Å². The van der Waals surface area contributed by atoms with Gasteiger partial charge in [0.2, 0.25) is 5.91 Å². The highest BCUT2D eigenvalue weighted by molar-refractivity contribution is 7.91. The third kappa shape index (κ3) is 5.67. The number of amides is 2. The van der Waals surface area contributed by atoms with Gasteiger partial charge in [-0.15, -0.1) is 0 Å². The Labute approximate surface area is 189 Å². The van der Waals surface area contributed by atoms with Crippen LogP contribution >= 0.6 is 0 Å². The van der Waals surface area contributed by atoms with Crippen molar-refractivity contribution in [2.75, 3.05) is 31.1 Å². The summed E-state index contributed by atoms with van der Waals surface area (Å²) >= 11 is 0. The molecule has 0 aromatic heterocycles. The van der Waals surface area contributed by atoms with Crippen molar-refractivity contribution in [3.63, 3.8) is 0 Å². The maximum Gasteiger partial charge on any atom is 0.251 e. The van der Waals surface area contributed by atoms with Gasteiger partial charge in [0.05, 0.1) is 18.1 Å². The standard InChI is InChI=1S/C23H32FN3O4S/c24-18-7-5-17(6-8-18)23(29)25-19-9-12-26(13-10-19)15-22(28)27(20-3-1-2-4-20)21-11-14-32(30,31)16-21/h5-8,19-21H,1-4,9-16H2,(H,25,29). The summed E-state index contributed by atoms with van der Waals surface area (Å²) in [7, 11) is -3.05. The molecule has 1 unspecified atom stereocenters. The molecule has 1 aliphatic carbocycles. The summed E-state index contributed by atoms with van der Waals surface area (Å²) in [6.07, 6.45) is 6.12. The van der Waals surface area contributed by atoms with E-state index in [1.54, 1.807) is 0 Å². The third-order valence-electron chi connectivity index (χ3n) is 7.00. The Morgan fingerprint density at radius 1 is 1.00 bits per heavy atom. The van der Waals surface area contributed by atoms with Crippen LogP contribution in [0.5, 0.6) is 0 Å². The van der Waals surface area contributed by atoms with Crippen molar-refractivity contribution in [1.82, 2.24) is 15.1 Å². The van der Waals surface area contributed by atoms with Crippen LogP contribution in [-0.2, 0) is 14.6 Å². The van der Waals surface area contributed by atoms with Gasteiger partial charge in [-0.1, -0.05) is 12.8 Å². The van der Waals surface area contributed by atoms with Gasteiger partial charge in [0, 0.05) is 36.8 Å². The van der Waals surface area contributed by atoms with Crippen LogP contribution in [0.15, 0.2) is 24.3 Å². The summed E-state index contributed by atoms with van der Waals surface area (Å²) in [6.45, 7) is 1.69. The molecule has 2 aliphatic heterocycles. The van der Waals surface area contributed by atoms with E-state index in [0.717, 1.165) is 38.5 Å². The number of likely N-dealkylation sites (tertiary alicyclic amines) is 1.